The molecule has 0 radical (unpaired) electrons. The zero-order chi connectivity index (χ0) is 20.9. The largest absolute Gasteiger partial charge is 0.497 e. The number of ether oxygens (including phenoxy) is 3. The number of rotatable bonds is 7. The number of methoxy groups -OCH3 is 2. The Morgan fingerprint density at radius 3 is 2.18 bits per heavy atom. The Balaban J connectivity index is 2.06. The molecule has 2 aromatic carbocycles. The predicted molar refractivity (Wildman–Crippen MR) is 103 cm³/mol. The normalized spacial score (nSPS) is 10.9. The third-order valence-corrected chi connectivity index (χ3v) is 5.00. The molecular formula is C18H18ClNO7S. The monoisotopic (exact) mass is 427 g/mol. The van der Waals surface area contributed by atoms with Crippen LogP contribution in [0.1, 0.15) is 10.4 Å². The van der Waals surface area contributed by atoms with Crippen molar-refractivity contribution in [3.05, 3.63) is 47.0 Å². The van der Waals surface area contributed by atoms with Gasteiger partial charge in [-0.05, 0) is 30.3 Å². The van der Waals surface area contributed by atoms with Crippen LogP contribution in [-0.2, 0) is 19.4 Å². The van der Waals surface area contributed by atoms with Crippen LogP contribution in [0.3, 0.4) is 0 Å². The van der Waals surface area contributed by atoms with Gasteiger partial charge >= 0.3 is 5.97 Å². The maximum Gasteiger partial charge on any atom is 0.338 e. The summed E-state index contributed by atoms with van der Waals surface area (Å²) < 4.78 is 38.3. The van der Waals surface area contributed by atoms with Gasteiger partial charge in [-0.15, -0.1) is 0 Å². The van der Waals surface area contributed by atoms with Crippen LogP contribution >= 0.6 is 11.6 Å². The second-order valence-corrected chi connectivity index (χ2v) is 8.06. The zero-order valence-corrected chi connectivity index (χ0v) is 16.9. The van der Waals surface area contributed by atoms with Crippen LogP contribution in [0.5, 0.6) is 11.5 Å². The average Bonchev–Trinajstić information content (AvgIpc) is 2.66. The molecule has 0 fully saturated rings. The van der Waals surface area contributed by atoms with Gasteiger partial charge in [0, 0.05) is 12.3 Å². The van der Waals surface area contributed by atoms with E-state index < -0.39 is 28.3 Å². The Kier molecular flexibility index (Phi) is 6.87. The van der Waals surface area contributed by atoms with Crippen LogP contribution in [-0.4, -0.2) is 47.4 Å². The molecule has 10 heteroatoms. The van der Waals surface area contributed by atoms with Gasteiger partial charge in [0.25, 0.3) is 5.91 Å². The highest BCUT2D eigenvalue weighted by Gasteiger charge is 2.15. The number of hydrogen-bond acceptors (Lipinski definition) is 7. The van der Waals surface area contributed by atoms with Crippen molar-refractivity contribution in [1.29, 1.82) is 0 Å². The van der Waals surface area contributed by atoms with Gasteiger partial charge in [-0.2, -0.15) is 0 Å². The minimum absolute atomic E-state index is 0.00679. The van der Waals surface area contributed by atoms with Crippen molar-refractivity contribution in [2.24, 2.45) is 0 Å². The molecule has 2 rings (SSSR count). The van der Waals surface area contributed by atoms with Crippen molar-refractivity contribution in [3.8, 4) is 11.5 Å². The quantitative estimate of drug-likeness (QED) is 0.676. The molecule has 0 aromatic heterocycles. The molecule has 0 unspecified atom stereocenters. The minimum atomic E-state index is -3.47. The van der Waals surface area contributed by atoms with E-state index in [0.717, 1.165) is 6.26 Å². The van der Waals surface area contributed by atoms with Crippen LogP contribution in [0.4, 0.5) is 5.69 Å². The third kappa shape index (κ3) is 5.61. The van der Waals surface area contributed by atoms with Crippen LogP contribution in [0.15, 0.2) is 41.3 Å². The minimum Gasteiger partial charge on any atom is -0.497 e. The van der Waals surface area contributed by atoms with Gasteiger partial charge in [-0.1, -0.05) is 11.6 Å². The molecule has 150 valence electrons. The standard InChI is InChI=1S/C18H18ClNO7S/c1-25-12-6-11(7-13(8-12)26-2)18(22)27-10-17(21)20-16-9-14(28(3,23)24)4-5-15(16)19/h4-9H,10H2,1-3H3,(H,20,21). The Morgan fingerprint density at radius 1 is 1.04 bits per heavy atom. The highest BCUT2D eigenvalue weighted by atomic mass is 35.5. The molecule has 0 heterocycles. The van der Waals surface area contributed by atoms with E-state index in [2.05, 4.69) is 5.32 Å². The van der Waals surface area contributed by atoms with Gasteiger partial charge in [-0.3, -0.25) is 4.79 Å². The van der Waals surface area contributed by atoms with Gasteiger partial charge in [0.2, 0.25) is 0 Å². The summed E-state index contributed by atoms with van der Waals surface area (Å²) in [5, 5.41) is 2.56. The fourth-order valence-corrected chi connectivity index (χ4v) is 2.97. The van der Waals surface area contributed by atoms with Crippen molar-refractivity contribution < 1.29 is 32.2 Å². The molecule has 0 spiro atoms. The molecular weight excluding hydrogens is 410 g/mol. The van der Waals surface area contributed by atoms with E-state index in [4.69, 9.17) is 25.8 Å². The van der Waals surface area contributed by atoms with E-state index in [1.54, 1.807) is 6.07 Å². The topological polar surface area (TPSA) is 108 Å². The summed E-state index contributed by atoms with van der Waals surface area (Å²) in [6, 6.07) is 8.36. The molecule has 0 aliphatic rings. The van der Waals surface area contributed by atoms with E-state index in [9.17, 15) is 18.0 Å². The SMILES string of the molecule is COc1cc(OC)cc(C(=O)OCC(=O)Nc2cc(S(C)(=O)=O)ccc2Cl)c1. The van der Waals surface area contributed by atoms with Crippen LogP contribution in [0.25, 0.3) is 0 Å². The number of esters is 1. The van der Waals surface area contributed by atoms with Crippen molar-refractivity contribution in [1.82, 2.24) is 0 Å². The number of carbonyl (C=O) groups is 2. The molecule has 1 N–H and O–H groups in total. The highest BCUT2D eigenvalue weighted by molar-refractivity contribution is 7.90. The number of carbonyl (C=O) groups excluding carboxylic acids is 2. The summed E-state index contributed by atoms with van der Waals surface area (Å²) in [5.41, 5.74) is 0.231. The van der Waals surface area contributed by atoms with Crippen LogP contribution < -0.4 is 14.8 Å². The molecule has 0 bridgehead atoms. The first-order valence-electron chi connectivity index (χ1n) is 7.83. The Labute approximate surface area is 167 Å². The molecule has 2 aromatic rings. The van der Waals surface area contributed by atoms with Crippen molar-refractivity contribution >= 4 is 39.0 Å². The lowest BCUT2D eigenvalue weighted by atomic mass is 10.2. The Hall–Kier alpha value is -2.78. The van der Waals surface area contributed by atoms with E-state index in [1.165, 1.54) is 44.6 Å². The smallest absolute Gasteiger partial charge is 0.338 e. The van der Waals surface area contributed by atoms with Crippen molar-refractivity contribution in [3.63, 3.8) is 0 Å². The average molecular weight is 428 g/mol. The molecule has 8 nitrogen and oxygen atoms in total. The molecule has 0 saturated carbocycles. The van der Waals surface area contributed by atoms with Gasteiger partial charge in [0.15, 0.2) is 16.4 Å². The summed E-state index contributed by atoms with van der Waals surface area (Å²) in [6.45, 7) is -0.599. The number of benzene rings is 2. The first kappa shape index (κ1) is 21.5. The lowest BCUT2D eigenvalue weighted by molar-refractivity contribution is -0.119. The first-order valence-corrected chi connectivity index (χ1v) is 10.1. The van der Waals surface area contributed by atoms with E-state index in [0.29, 0.717) is 11.5 Å². The summed E-state index contributed by atoms with van der Waals surface area (Å²) in [5.74, 6) is -0.667. The van der Waals surface area contributed by atoms with E-state index in [-0.39, 0.29) is 21.2 Å². The van der Waals surface area contributed by atoms with Crippen LogP contribution in [0, 0.1) is 0 Å². The number of nitrogens with one attached hydrogen (secondary N) is 1. The highest BCUT2D eigenvalue weighted by Crippen LogP contribution is 2.25. The molecule has 28 heavy (non-hydrogen) atoms. The molecule has 0 aliphatic carbocycles. The zero-order valence-electron chi connectivity index (χ0n) is 15.3. The number of sulfone groups is 1. The molecule has 0 saturated heterocycles. The Bertz CT molecular complexity index is 983. The number of hydrogen-bond donors (Lipinski definition) is 1. The third-order valence-electron chi connectivity index (χ3n) is 3.56. The second kappa shape index (κ2) is 8.94. The van der Waals surface area contributed by atoms with Crippen LogP contribution in [0.2, 0.25) is 5.02 Å². The fourth-order valence-electron chi connectivity index (χ4n) is 2.16. The molecule has 0 aliphatic heterocycles. The van der Waals surface area contributed by atoms with Gasteiger partial charge in [-0.25, -0.2) is 13.2 Å². The number of anilines is 1. The lowest BCUT2D eigenvalue weighted by Gasteiger charge is -2.10. The summed E-state index contributed by atoms with van der Waals surface area (Å²) in [6.07, 6.45) is 1.03. The van der Waals surface area contributed by atoms with E-state index in [1.807, 2.05) is 0 Å². The van der Waals surface area contributed by atoms with Crippen molar-refractivity contribution in [2.45, 2.75) is 4.90 Å². The maximum absolute atomic E-state index is 12.2. The molecule has 1 amide bonds. The van der Waals surface area contributed by atoms with Gasteiger partial charge in [0.1, 0.15) is 11.5 Å². The number of halogens is 1. The van der Waals surface area contributed by atoms with Crippen molar-refractivity contribution in [2.75, 3.05) is 32.4 Å². The number of amides is 1. The summed E-state index contributed by atoms with van der Waals surface area (Å²) >= 11 is 5.97. The van der Waals surface area contributed by atoms with E-state index >= 15 is 0 Å². The summed E-state index contributed by atoms with van der Waals surface area (Å²) in [4.78, 5) is 24.2. The molecule has 0 atom stereocenters. The Morgan fingerprint density at radius 2 is 1.64 bits per heavy atom. The fraction of sp³-hybridized carbons (Fsp3) is 0.222. The predicted octanol–water partition coefficient (Wildman–Crippen LogP) is 2.56. The maximum atomic E-state index is 12.2. The summed E-state index contributed by atoms with van der Waals surface area (Å²) in [7, 11) is -0.600. The second-order valence-electron chi connectivity index (χ2n) is 5.64. The van der Waals surface area contributed by atoms with Gasteiger partial charge in [0.05, 0.1) is 35.4 Å². The van der Waals surface area contributed by atoms with Gasteiger partial charge < -0.3 is 19.5 Å². The lowest BCUT2D eigenvalue weighted by Crippen LogP contribution is -2.21. The first-order chi connectivity index (χ1) is 13.1.